The fraction of sp³-hybridized carbons (Fsp3) is 0.231. The summed E-state index contributed by atoms with van der Waals surface area (Å²) >= 11 is 6.89. The first-order chi connectivity index (χ1) is 14.2. The van der Waals surface area contributed by atoms with E-state index in [4.69, 9.17) is 16.3 Å². The summed E-state index contributed by atoms with van der Waals surface area (Å²) in [4.78, 5) is 2.43. The number of likely N-dealkylation sites (tertiary alicyclic amines) is 1. The van der Waals surface area contributed by atoms with E-state index in [1.165, 1.54) is 6.42 Å². The summed E-state index contributed by atoms with van der Waals surface area (Å²) in [6.45, 7) is 5.41. The van der Waals surface area contributed by atoms with E-state index in [-0.39, 0.29) is 0 Å². The Hall–Kier alpha value is -2.55. The molecular formula is C26H26ClNO. The molecule has 0 aromatic heterocycles. The van der Waals surface area contributed by atoms with Crippen molar-refractivity contribution in [3.63, 3.8) is 0 Å². The second kappa shape index (κ2) is 9.30. The number of ether oxygens (including phenoxy) is 1. The van der Waals surface area contributed by atoms with Crippen molar-refractivity contribution in [1.82, 2.24) is 4.90 Å². The van der Waals surface area contributed by atoms with Crippen LogP contribution < -0.4 is 4.74 Å². The zero-order chi connectivity index (χ0) is 20.1. The predicted octanol–water partition coefficient (Wildman–Crippen LogP) is 6.32. The molecule has 0 aliphatic carbocycles. The van der Waals surface area contributed by atoms with Gasteiger partial charge in [-0.25, -0.2) is 0 Å². The highest BCUT2D eigenvalue weighted by atomic mass is 35.5. The molecule has 0 atom stereocenters. The first kappa shape index (κ1) is 19.8. The van der Waals surface area contributed by atoms with Crippen molar-refractivity contribution in [2.45, 2.75) is 19.4 Å². The van der Waals surface area contributed by atoms with Gasteiger partial charge in [-0.05, 0) is 41.8 Å². The average Bonchev–Trinajstić information content (AvgIpc) is 2.75. The lowest BCUT2D eigenvalue weighted by molar-refractivity contribution is 0.0202. The Morgan fingerprint density at radius 2 is 1.38 bits per heavy atom. The average molecular weight is 404 g/mol. The third-order valence-corrected chi connectivity index (χ3v) is 5.63. The fourth-order valence-electron chi connectivity index (χ4n) is 3.74. The van der Waals surface area contributed by atoms with E-state index in [1.807, 2.05) is 48.5 Å². The van der Waals surface area contributed by atoms with Gasteiger partial charge in [0, 0.05) is 18.7 Å². The van der Waals surface area contributed by atoms with E-state index < -0.39 is 0 Å². The van der Waals surface area contributed by atoms with E-state index in [1.54, 1.807) is 0 Å². The number of halogens is 1. The van der Waals surface area contributed by atoms with Crippen LogP contribution in [0.1, 0.15) is 30.0 Å². The molecular weight excluding hydrogens is 378 g/mol. The Morgan fingerprint density at radius 3 is 1.97 bits per heavy atom. The number of benzene rings is 3. The minimum absolute atomic E-state index is 0.296. The number of hydrogen-bond acceptors (Lipinski definition) is 2. The molecule has 4 rings (SSSR count). The highest BCUT2D eigenvalue weighted by Crippen LogP contribution is 2.35. The molecule has 3 heteroatoms. The molecule has 2 nitrogen and oxygen atoms in total. The summed E-state index contributed by atoms with van der Waals surface area (Å²) in [5.41, 5.74) is 4.23. The monoisotopic (exact) mass is 403 g/mol. The van der Waals surface area contributed by atoms with Gasteiger partial charge < -0.3 is 4.74 Å². The maximum atomic E-state index is 6.89. The van der Waals surface area contributed by atoms with Crippen molar-refractivity contribution in [1.29, 1.82) is 0 Å². The molecule has 1 saturated heterocycles. The predicted molar refractivity (Wildman–Crippen MR) is 122 cm³/mol. The lowest BCUT2D eigenvalue weighted by atomic mass is 9.95. The van der Waals surface area contributed by atoms with Gasteiger partial charge in [0.25, 0.3) is 0 Å². The zero-order valence-corrected chi connectivity index (χ0v) is 17.5. The fourth-order valence-corrected chi connectivity index (χ4v) is 4.09. The molecule has 0 amide bonds. The third-order valence-electron chi connectivity index (χ3n) is 5.22. The molecule has 1 aliphatic rings. The van der Waals surface area contributed by atoms with Crippen molar-refractivity contribution in [3.8, 4) is 5.75 Å². The van der Waals surface area contributed by atoms with Crippen molar-refractivity contribution in [3.05, 3.63) is 102 Å². The molecule has 0 spiro atoms. The van der Waals surface area contributed by atoms with Crippen LogP contribution in [0.3, 0.4) is 0 Å². The second-order valence-electron chi connectivity index (χ2n) is 7.44. The van der Waals surface area contributed by atoms with Crippen LogP contribution in [0.15, 0.2) is 84.9 Å². The van der Waals surface area contributed by atoms with Crippen LogP contribution in [0, 0.1) is 0 Å². The molecule has 0 unspecified atom stereocenters. The van der Waals surface area contributed by atoms with Crippen LogP contribution in [0.2, 0.25) is 0 Å². The van der Waals surface area contributed by atoms with E-state index >= 15 is 0 Å². The Morgan fingerprint density at radius 1 is 0.828 bits per heavy atom. The van der Waals surface area contributed by atoms with Gasteiger partial charge in [-0.3, -0.25) is 4.90 Å². The van der Waals surface area contributed by atoms with Gasteiger partial charge in [0.1, 0.15) is 11.9 Å². The topological polar surface area (TPSA) is 12.5 Å². The van der Waals surface area contributed by atoms with Crippen LogP contribution in [0.4, 0.5) is 0 Å². The van der Waals surface area contributed by atoms with Crippen LogP contribution in [-0.2, 0) is 0 Å². The van der Waals surface area contributed by atoms with Crippen molar-refractivity contribution in [2.24, 2.45) is 0 Å². The number of hydrogen-bond donors (Lipinski definition) is 0. The van der Waals surface area contributed by atoms with Gasteiger partial charge in [0.05, 0.1) is 5.03 Å². The third kappa shape index (κ3) is 4.72. The van der Waals surface area contributed by atoms with Crippen LogP contribution >= 0.6 is 11.6 Å². The quantitative estimate of drug-likeness (QED) is 0.428. The summed E-state index contributed by atoms with van der Waals surface area (Å²) in [5.74, 6) is 0.915. The second-order valence-corrected chi connectivity index (χ2v) is 7.82. The van der Waals surface area contributed by atoms with Gasteiger partial charge in [-0.15, -0.1) is 0 Å². The summed E-state index contributed by atoms with van der Waals surface area (Å²) in [7, 11) is 0. The standard InChI is InChI=1S/C26H26ClNO/c1-2-17-28-18-24(19-28)29-23-15-13-21(14-16-23)25(20-9-5-3-6-10-20)26(27)22-11-7-4-8-12-22/h3-16,24H,2,17-19H2,1H3/b26-25+. The molecule has 0 N–H and O–H groups in total. The molecule has 1 aliphatic heterocycles. The lowest BCUT2D eigenvalue weighted by Crippen LogP contribution is -2.53. The van der Waals surface area contributed by atoms with Gasteiger partial charge in [0.2, 0.25) is 0 Å². The minimum atomic E-state index is 0.296. The van der Waals surface area contributed by atoms with Gasteiger partial charge >= 0.3 is 0 Å². The smallest absolute Gasteiger partial charge is 0.124 e. The molecule has 3 aromatic rings. The highest BCUT2D eigenvalue weighted by Gasteiger charge is 2.27. The van der Waals surface area contributed by atoms with E-state index in [0.29, 0.717) is 6.10 Å². The maximum absolute atomic E-state index is 6.89. The lowest BCUT2D eigenvalue weighted by Gasteiger charge is -2.38. The van der Waals surface area contributed by atoms with E-state index in [9.17, 15) is 0 Å². The van der Waals surface area contributed by atoms with E-state index in [2.05, 4.69) is 48.2 Å². The van der Waals surface area contributed by atoms with Crippen LogP contribution in [-0.4, -0.2) is 30.6 Å². The SMILES string of the molecule is CCCN1CC(Oc2ccc(/C(=C(/Cl)c3ccccc3)c3ccccc3)cc2)C1. The molecule has 29 heavy (non-hydrogen) atoms. The first-order valence-electron chi connectivity index (χ1n) is 10.2. The van der Waals surface area contributed by atoms with Gasteiger partial charge in [-0.1, -0.05) is 91.3 Å². The minimum Gasteiger partial charge on any atom is -0.488 e. The normalized spacial score (nSPS) is 15.5. The van der Waals surface area contributed by atoms with Crippen LogP contribution in [0.5, 0.6) is 5.75 Å². The highest BCUT2D eigenvalue weighted by molar-refractivity contribution is 6.53. The Kier molecular flexibility index (Phi) is 6.33. The summed E-state index contributed by atoms with van der Waals surface area (Å²) in [6.07, 6.45) is 1.49. The Labute approximate surface area is 178 Å². The molecule has 1 fully saturated rings. The summed E-state index contributed by atoms with van der Waals surface area (Å²) < 4.78 is 6.12. The van der Waals surface area contributed by atoms with E-state index in [0.717, 1.165) is 52.7 Å². The summed E-state index contributed by atoms with van der Waals surface area (Å²) in [5, 5.41) is 0.750. The Bertz CT molecular complexity index is 945. The number of nitrogens with zero attached hydrogens (tertiary/aromatic N) is 1. The summed E-state index contributed by atoms with van der Waals surface area (Å²) in [6, 6.07) is 28.7. The molecule has 148 valence electrons. The molecule has 0 radical (unpaired) electrons. The van der Waals surface area contributed by atoms with Crippen molar-refractivity contribution < 1.29 is 4.74 Å². The van der Waals surface area contributed by atoms with Crippen LogP contribution in [0.25, 0.3) is 10.6 Å². The molecule has 0 saturated carbocycles. The van der Waals surface area contributed by atoms with Crippen molar-refractivity contribution >= 4 is 22.2 Å². The Balaban J connectivity index is 1.59. The molecule has 1 heterocycles. The molecule has 3 aromatic carbocycles. The van der Waals surface area contributed by atoms with Gasteiger partial charge in [0.15, 0.2) is 0 Å². The van der Waals surface area contributed by atoms with Gasteiger partial charge in [-0.2, -0.15) is 0 Å². The molecule has 0 bridgehead atoms. The van der Waals surface area contributed by atoms with Crippen molar-refractivity contribution in [2.75, 3.05) is 19.6 Å². The largest absolute Gasteiger partial charge is 0.488 e. The number of rotatable bonds is 7. The zero-order valence-electron chi connectivity index (χ0n) is 16.7. The maximum Gasteiger partial charge on any atom is 0.124 e. The first-order valence-corrected chi connectivity index (χ1v) is 10.6.